The summed E-state index contributed by atoms with van der Waals surface area (Å²) in [5.41, 5.74) is 5.55. The van der Waals surface area contributed by atoms with E-state index in [1.54, 1.807) is 12.1 Å². The van der Waals surface area contributed by atoms with Gasteiger partial charge < -0.3 is 10.6 Å². The van der Waals surface area contributed by atoms with E-state index in [9.17, 15) is 9.59 Å². The average Bonchev–Trinajstić information content (AvgIpc) is 2.89. The van der Waals surface area contributed by atoms with E-state index in [1.807, 2.05) is 0 Å². The van der Waals surface area contributed by atoms with Crippen molar-refractivity contribution in [3.05, 3.63) is 29.0 Å². The molecule has 2 amide bonds. The van der Waals surface area contributed by atoms with Crippen molar-refractivity contribution in [1.82, 2.24) is 9.88 Å². The molecule has 1 fully saturated rings. The lowest BCUT2D eigenvalue weighted by molar-refractivity contribution is -0.119. The van der Waals surface area contributed by atoms with Crippen LogP contribution in [0.2, 0.25) is 5.15 Å². The van der Waals surface area contributed by atoms with Crippen LogP contribution in [-0.2, 0) is 4.79 Å². The average molecular weight is 282 g/mol. The minimum absolute atomic E-state index is 0.0660. The predicted octanol–water partition coefficient (Wildman–Crippen LogP) is 1.61. The maximum Gasteiger partial charge on any atom is 0.257 e. The molecule has 2 rings (SSSR count). The number of halogens is 1. The quantitative estimate of drug-likeness (QED) is 0.852. The predicted molar refractivity (Wildman–Crippen MR) is 71.7 cm³/mol. The highest BCUT2D eigenvalue weighted by Crippen LogP contribution is 2.25. The third-order valence-corrected chi connectivity index (χ3v) is 3.64. The molecule has 0 bridgehead atoms. The van der Waals surface area contributed by atoms with Gasteiger partial charge in [-0.05, 0) is 25.0 Å². The van der Waals surface area contributed by atoms with Crippen molar-refractivity contribution in [2.45, 2.75) is 31.7 Å². The van der Waals surface area contributed by atoms with Crippen LogP contribution < -0.4 is 5.73 Å². The zero-order valence-corrected chi connectivity index (χ0v) is 11.3. The molecule has 5 nitrogen and oxygen atoms in total. The van der Waals surface area contributed by atoms with E-state index in [0.29, 0.717) is 5.56 Å². The molecule has 102 valence electrons. The number of pyridine rings is 1. The fourth-order valence-electron chi connectivity index (χ4n) is 2.45. The highest BCUT2D eigenvalue weighted by Gasteiger charge is 2.29. The zero-order valence-electron chi connectivity index (χ0n) is 10.5. The van der Waals surface area contributed by atoms with E-state index in [2.05, 4.69) is 4.98 Å². The summed E-state index contributed by atoms with van der Waals surface area (Å²) in [5.74, 6) is -0.788. The van der Waals surface area contributed by atoms with Crippen molar-refractivity contribution in [2.75, 3.05) is 6.54 Å². The summed E-state index contributed by atoms with van der Waals surface area (Å²) in [4.78, 5) is 29.1. The van der Waals surface area contributed by atoms with Gasteiger partial charge in [-0.1, -0.05) is 24.4 Å². The molecule has 0 saturated heterocycles. The van der Waals surface area contributed by atoms with Gasteiger partial charge in [0.1, 0.15) is 5.15 Å². The molecular formula is C13H16ClN3O2. The molecule has 1 aromatic rings. The Bertz CT molecular complexity index is 487. The van der Waals surface area contributed by atoms with Gasteiger partial charge in [-0.3, -0.25) is 9.59 Å². The molecule has 0 aliphatic heterocycles. The molecule has 1 aromatic heterocycles. The van der Waals surface area contributed by atoms with Crippen LogP contribution in [0.25, 0.3) is 0 Å². The van der Waals surface area contributed by atoms with Crippen molar-refractivity contribution in [1.29, 1.82) is 0 Å². The fraction of sp³-hybridized carbons (Fsp3) is 0.462. The van der Waals surface area contributed by atoms with Crippen LogP contribution in [-0.4, -0.2) is 34.3 Å². The summed E-state index contributed by atoms with van der Waals surface area (Å²) in [6.07, 6.45) is 5.45. The standard InChI is InChI=1S/C13H16ClN3O2/c14-12-10(6-3-7-16-12)13(19)17(8-11(15)18)9-4-1-2-5-9/h3,6-7,9H,1-2,4-5,8H2,(H2,15,18). The monoisotopic (exact) mass is 281 g/mol. The number of aromatic nitrogens is 1. The van der Waals surface area contributed by atoms with Crippen LogP contribution in [0.15, 0.2) is 18.3 Å². The van der Waals surface area contributed by atoms with Crippen LogP contribution in [0.3, 0.4) is 0 Å². The minimum Gasteiger partial charge on any atom is -0.368 e. The lowest BCUT2D eigenvalue weighted by Crippen LogP contribution is -2.44. The van der Waals surface area contributed by atoms with Crippen molar-refractivity contribution >= 4 is 23.4 Å². The summed E-state index contributed by atoms with van der Waals surface area (Å²) in [6.45, 7) is -0.0747. The maximum atomic E-state index is 12.5. The van der Waals surface area contributed by atoms with Crippen LogP contribution in [0, 0.1) is 0 Å². The van der Waals surface area contributed by atoms with Crippen LogP contribution in [0.5, 0.6) is 0 Å². The molecule has 1 heterocycles. The molecule has 1 saturated carbocycles. The van der Waals surface area contributed by atoms with Crippen molar-refractivity contribution < 1.29 is 9.59 Å². The van der Waals surface area contributed by atoms with Gasteiger partial charge in [-0.15, -0.1) is 0 Å². The van der Waals surface area contributed by atoms with E-state index in [4.69, 9.17) is 17.3 Å². The number of carbonyl (C=O) groups is 2. The van der Waals surface area contributed by atoms with Gasteiger partial charge >= 0.3 is 0 Å². The first kappa shape index (κ1) is 13.8. The largest absolute Gasteiger partial charge is 0.368 e. The number of rotatable bonds is 4. The first-order valence-electron chi connectivity index (χ1n) is 6.29. The zero-order chi connectivity index (χ0) is 13.8. The molecule has 0 radical (unpaired) electrons. The summed E-state index contributed by atoms with van der Waals surface area (Å²) in [5, 5.41) is 0.153. The summed E-state index contributed by atoms with van der Waals surface area (Å²) in [7, 11) is 0. The van der Waals surface area contributed by atoms with Crippen LogP contribution >= 0.6 is 11.6 Å². The number of carbonyl (C=O) groups excluding carboxylic acids is 2. The van der Waals surface area contributed by atoms with Gasteiger partial charge in [0, 0.05) is 12.2 Å². The van der Waals surface area contributed by atoms with Crippen molar-refractivity contribution in [2.24, 2.45) is 5.73 Å². The molecule has 0 unspecified atom stereocenters. The Labute approximate surface area is 116 Å². The van der Waals surface area contributed by atoms with Gasteiger partial charge in [0.2, 0.25) is 5.91 Å². The summed E-state index contributed by atoms with van der Waals surface area (Å²) >= 11 is 5.93. The Morgan fingerprint density at radius 3 is 2.68 bits per heavy atom. The lowest BCUT2D eigenvalue weighted by Gasteiger charge is -2.28. The highest BCUT2D eigenvalue weighted by molar-refractivity contribution is 6.32. The van der Waals surface area contributed by atoms with Crippen LogP contribution in [0.1, 0.15) is 36.0 Å². The Kier molecular flexibility index (Phi) is 4.37. The van der Waals surface area contributed by atoms with E-state index < -0.39 is 5.91 Å². The molecular weight excluding hydrogens is 266 g/mol. The first-order chi connectivity index (χ1) is 9.09. The normalized spacial score (nSPS) is 15.4. The Morgan fingerprint density at radius 1 is 1.42 bits per heavy atom. The van der Waals surface area contributed by atoms with E-state index in [0.717, 1.165) is 25.7 Å². The Morgan fingerprint density at radius 2 is 2.11 bits per heavy atom. The van der Waals surface area contributed by atoms with Gasteiger partial charge in [0.15, 0.2) is 0 Å². The molecule has 0 aromatic carbocycles. The van der Waals surface area contributed by atoms with Gasteiger partial charge in [-0.25, -0.2) is 4.98 Å². The lowest BCUT2D eigenvalue weighted by atomic mass is 10.1. The number of primary amides is 1. The third-order valence-electron chi connectivity index (χ3n) is 3.34. The molecule has 19 heavy (non-hydrogen) atoms. The highest BCUT2D eigenvalue weighted by atomic mass is 35.5. The summed E-state index contributed by atoms with van der Waals surface area (Å²) in [6, 6.07) is 3.33. The minimum atomic E-state index is -0.514. The molecule has 1 aliphatic carbocycles. The molecule has 0 atom stereocenters. The van der Waals surface area contributed by atoms with E-state index in [1.165, 1.54) is 11.1 Å². The Balaban J connectivity index is 2.24. The molecule has 6 heteroatoms. The smallest absolute Gasteiger partial charge is 0.257 e. The number of nitrogens with zero attached hydrogens (tertiary/aromatic N) is 2. The van der Waals surface area contributed by atoms with Crippen LogP contribution in [0.4, 0.5) is 0 Å². The fourth-order valence-corrected chi connectivity index (χ4v) is 2.65. The van der Waals surface area contributed by atoms with Gasteiger partial charge in [0.25, 0.3) is 5.91 Å². The van der Waals surface area contributed by atoms with E-state index >= 15 is 0 Å². The topological polar surface area (TPSA) is 76.3 Å². The number of hydrogen-bond acceptors (Lipinski definition) is 3. The molecule has 1 aliphatic rings. The second kappa shape index (κ2) is 6.02. The molecule has 0 spiro atoms. The maximum absolute atomic E-state index is 12.5. The Hall–Kier alpha value is -1.62. The third kappa shape index (κ3) is 3.23. The summed E-state index contributed by atoms with van der Waals surface area (Å²) < 4.78 is 0. The SMILES string of the molecule is NC(=O)CN(C(=O)c1cccnc1Cl)C1CCCC1. The van der Waals surface area contributed by atoms with Gasteiger partial charge in [0.05, 0.1) is 12.1 Å². The van der Waals surface area contributed by atoms with Gasteiger partial charge in [-0.2, -0.15) is 0 Å². The van der Waals surface area contributed by atoms with Crippen molar-refractivity contribution in [3.8, 4) is 0 Å². The van der Waals surface area contributed by atoms with E-state index in [-0.39, 0.29) is 23.6 Å². The molecule has 2 N–H and O–H groups in total. The number of hydrogen-bond donors (Lipinski definition) is 1. The second-order valence-corrected chi connectivity index (χ2v) is 5.04. The second-order valence-electron chi connectivity index (χ2n) is 4.68. The first-order valence-corrected chi connectivity index (χ1v) is 6.67. The number of nitrogens with two attached hydrogens (primary N) is 1. The number of amides is 2. The van der Waals surface area contributed by atoms with Crippen molar-refractivity contribution in [3.63, 3.8) is 0 Å².